The second-order valence-corrected chi connectivity index (χ2v) is 8.60. The summed E-state index contributed by atoms with van der Waals surface area (Å²) in [5.41, 5.74) is -1.29. The van der Waals surface area contributed by atoms with Crippen LogP contribution in [-0.2, 0) is 19.6 Å². The molecule has 128 valence electrons. The molecule has 1 heterocycles. The lowest BCUT2D eigenvalue weighted by Gasteiger charge is -2.34. The van der Waals surface area contributed by atoms with E-state index in [0.717, 1.165) is 30.6 Å². The highest BCUT2D eigenvalue weighted by Crippen LogP contribution is 2.28. The Morgan fingerprint density at radius 1 is 1.30 bits per heavy atom. The number of carbonyl (C=O) groups excluding carboxylic acids is 1. The zero-order chi connectivity index (χ0) is 17.1. The van der Waals surface area contributed by atoms with Gasteiger partial charge in [0, 0.05) is 0 Å². The largest absolute Gasteiger partial charge is 0.480 e. The maximum absolute atomic E-state index is 12.3. The van der Waals surface area contributed by atoms with Crippen LogP contribution in [0, 0.1) is 0 Å². The van der Waals surface area contributed by atoms with Crippen molar-refractivity contribution in [2.75, 3.05) is 0 Å². The second kappa shape index (κ2) is 6.98. The molecule has 0 bridgehead atoms. The molecule has 23 heavy (non-hydrogen) atoms. The molecule has 1 unspecified atom stereocenters. The van der Waals surface area contributed by atoms with Gasteiger partial charge in [-0.25, -0.2) is 13.2 Å². The van der Waals surface area contributed by atoms with Crippen molar-refractivity contribution in [1.82, 2.24) is 10.0 Å². The van der Waals surface area contributed by atoms with E-state index >= 15 is 0 Å². The Morgan fingerprint density at radius 3 is 2.48 bits per heavy atom. The monoisotopic (exact) mass is 360 g/mol. The van der Waals surface area contributed by atoms with Crippen LogP contribution in [0.15, 0.2) is 21.7 Å². The topological polar surface area (TPSA) is 113 Å². The molecule has 0 spiro atoms. The van der Waals surface area contributed by atoms with Crippen LogP contribution < -0.4 is 10.0 Å². The number of carbonyl (C=O) groups is 2. The van der Waals surface area contributed by atoms with Crippen molar-refractivity contribution in [2.24, 2.45) is 0 Å². The highest BCUT2D eigenvalue weighted by atomic mass is 32.2. The van der Waals surface area contributed by atoms with E-state index in [-0.39, 0.29) is 4.21 Å². The Balaban J connectivity index is 2.06. The lowest BCUT2D eigenvalue weighted by Crippen LogP contribution is -2.59. The molecule has 7 nitrogen and oxygen atoms in total. The van der Waals surface area contributed by atoms with Crippen LogP contribution in [0.1, 0.15) is 39.0 Å². The molecule has 9 heteroatoms. The van der Waals surface area contributed by atoms with Crippen molar-refractivity contribution in [3.8, 4) is 0 Å². The molecule has 1 saturated carbocycles. The average Bonchev–Trinajstić information content (AvgIpc) is 3.02. The predicted molar refractivity (Wildman–Crippen MR) is 85.7 cm³/mol. The van der Waals surface area contributed by atoms with Gasteiger partial charge in [0.1, 0.15) is 9.75 Å². The van der Waals surface area contributed by atoms with Crippen molar-refractivity contribution < 1.29 is 23.1 Å². The third-order valence-corrected chi connectivity index (χ3v) is 6.90. The number of nitrogens with one attached hydrogen (secondary N) is 2. The summed E-state index contributed by atoms with van der Waals surface area (Å²) in [6, 6.07) is 1.99. The summed E-state index contributed by atoms with van der Waals surface area (Å²) in [6.45, 7) is 1.40. The summed E-state index contributed by atoms with van der Waals surface area (Å²) in [4.78, 5) is 23.8. The fourth-order valence-electron chi connectivity index (χ4n) is 2.65. The van der Waals surface area contributed by atoms with Gasteiger partial charge in [-0.15, -0.1) is 11.3 Å². The Kier molecular flexibility index (Phi) is 5.43. The zero-order valence-electron chi connectivity index (χ0n) is 12.7. The Labute approximate surface area is 139 Å². The summed E-state index contributed by atoms with van der Waals surface area (Å²) in [5, 5.41) is 13.6. The molecule has 1 atom stereocenters. The highest BCUT2D eigenvalue weighted by Gasteiger charge is 2.42. The zero-order valence-corrected chi connectivity index (χ0v) is 14.4. The molecule has 1 aromatic rings. The minimum Gasteiger partial charge on any atom is -0.480 e. The van der Waals surface area contributed by atoms with Gasteiger partial charge in [0.2, 0.25) is 5.91 Å². The molecular weight excluding hydrogens is 340 g/mol. The minimum absolute atomic E-state index is 0.114. The lowest BCUT2D eigenvalue weighted by atomic mass is 9.81. The smallest absolute Gasteiger partial charge is 0.329 e. The van der Waals surface area contributed by atoms with E-state index in [0.29, 0.717) is 12.8 Å². The molecule has 1 amide bonds. The van der Waals surface area contributed by atoms with Gasteiger partial charge < -0.3 is 10.4 Å². The normalized spacial score (nSPS) is 19.0. The van der Waals surface area contributed by atoms with Crippen molar-refractivity contribution in [3.63, 3.8) is 0 Å². The van der Waals surface area contributed by atoms with Crippen molar-refractivity contribution in [1.29, 1.82) is 0 Å². The fraction of sp³-hybridized carbons (Fsp3) is 0.571. The third-order valence-electron chi connectivity index (χ3n) is 3.96. The van der Waals surface area contributed by atoms with Gasteiger partial charge in [0.25, 0.3) is 10.0 Å². The number of carboxylic acid groups (broad SMARTS) is 1. The number of rotatable bonds is 6. The molecule has 0 saturated heterocycles. The van der Waals surface area contributed by atoms with Crippen LogP contribution in [-0.4, -0.2) is 37.0 Å². The van der Waals surface area contributed by atoms with Crippen LogP contribution in [0.5, 0.6) is 0 Å². The molecule has 3 N–H and O–H groups in total. The third kappa shape index (κ3) is 4.10. The maximum Gasteiger partial charge on any atom is 0.329 e. The standard InChI is InChI=1S/C14H20N2O5S2/c1-10(16-23(20,21)11-6-5-9-22-11)12(17)15-14(13(18)19)7-3-2-4-8-14/h5-6,9-10,16H,2-4,7-8H2,1H3,(H,15,17)(H,18,19). The van der Waals surface area contributed by atoms with E-state index in [1.165, 1.54) is 13.0 Å². The summed E-state index contributed by atoms with van der Waals surface area (Å²) >= 11 is 1.05. The summed E-state index contributed by atoms with van der Waals surface area (Å²) in [7, 11) is -3.78. The molecule has 0 aromatic carbocycles. The first-order valence-corrected chi connectivity index (χ1v) is 9.74. The van der Waals surface area contributed by atoms with Crippen molar-refractivity contribution in [2.45, 2.75) is 54.8 Å². The van der Waals surface area contributed by atoms with Gasteiger partial charge in [-0.1, -0.05) is 25.3 Å². The maximum atomic E-state index is 12.3. The molecule has 1 fully saturated rings. The van der Waals surface area contributed by atoms with Gasteiger partial charge in [-0.2, -0.15) is 4.72 Å². The highest BCUT2D eigenvalue weighted by molar-refractivity contribution is 7.91. The SMILES string of the molecule is CC(NS(=O)(=O)c1cccs1)C(=O)NC1(C(=O)O)CCCCC1. The number of sulfonamides is 1. The van der Waals surface area contributed by atoms with Crippen LogP contribution in [0.25, 0.3) is 0 Å². The number of thiophene rings is 1. The molecule has 1 aliphatic carbocycles. The summed E-state index contributed by atoms with van der Waals surface area (Å²) in [5.74, 6) is -1.70. The van der Waals surface area contributed by atoms with Crippen LogP contribution in [0.4, 0.5) is 0 Å². The van der Waals surface area contributed by atoms with Gasteiger partial charge in [-0.3, -0.25) is 4.79 Å². The average molecular weight is 360 g/mol. The fourth-order valence-corrected chi connectivity index (χ4v) is 4.86. The Morgan fingerprint density at radius 2 is 1.96 bits per heavy atom. The number of hydrogen-bond donors (Lipinski definition) is 3. The Hall–Kier alpha value is -1.45. The summed E-state index contributed by atoms with van der Waals surface area (Å²) < 4.78 is 26.6. The number of hydrogen-bond acceptors (Lipinski definition) is 5. The van der Waals surface area contributed by atoms with Crippen LogP contribution in [0.2, 0.25) is 0 Å². The molecule has 1 aliphatic rings. The molecule has 1 aromatic heterocycles. The van der Waals surface area contributed by atoms with E-state index in [2.05, 4.69) is 10.0 Å². The first-order chi connectivity index (χ1) is 10.8. The van der Waals surface area contributed by atoms with E-state index < -0.39 is 33.5 Å². The number of aliphatic carboxylic acids is 1. The second-order valence-electron chi connectivity index (χ2n) is 5.71. The van der Waals surface area contributed by atoms with Crippen LogP contribution in [0.3, 0.4) is 0 Å². The summed E-state index contributed by atoms with van der Waals surface area (Å²) in [6.07, 6.45) is 3.10. The first kappa shape index (κ1) is 17.9. The molecule has 0 radical (unpaired) electrons. The van der Waals surface area contributed by atoms with E-state index in [1.54, 1.807) is 11.4 Å². The van der Waals surface area contributed by atoms with E-state index in [1.807, 2.05) is 0 Å². The predicted octanol–water partition coefficient (Wildman–Crippen LogP) is 1.32. The first-order valence-electron chi connectivity index (χ1n) is 7.38. The van der Waals surface area contributed by atoms with Gasteiger partial charge >= 0.3 is 5.97 Å². The molecule has 0 aliphatic heterocycles. The molecule has 2 rings (SSSR count). The van der Waals surface area contributed by atoms with Gasteiger partial charge in [0.05, 0.1) is 6.04 Å². The van der Waals surface area contributed by atoms with Gasteiger partial charge in [-0.05, 0) is 31.2 Å². The van der Waals surface area contributed by atoms with Crippen molar-refractivity contribution in [3.05, 3.63) is 17.5 Å². The lowest BCUT2D eigenvalue weighted by molar-refractivity contribution is -0.149. The van der Waals surface area contributed by atoms with Crippen LogP contribution >= 0.6 is 11.3 Å². The van der Waals surface area contributed by atoms with E-state index in [9.17, 15) is 23.1 Å². The minimum atomic E-state index is -3.78. The van der Waals surface area contributed by atoms with E-state index in [4.69, 9.17) is 0 Å². The van der Waals surface area contributed by atoms with Crippen molar-refractivity contribution >= 4 is 33.2 Å². The number of amides is 1. The van der Waals surface area contributed by atoms with Gasteiger partial charge in [0.15, 0.2) is 0 Å². The Bertz CT molecular complexity index is 663. The quantitative estimate of drug-likeness (QED) is 0.708. The molecular formula is C14H20N2O5S2. The number of carboxylic acids is 1.